The molecule has 10 heteroatoms. The topological polar surface area (TPSA) is 135 Å². The Kier molecular flexibility index (Phi) is 13.6. The Hall–Kier alpha value is -3.30. The molecule has 1 aromatic rings. The Bertz CT molecular complexity index is 1000. The quantitative estimate of drug-likeness (QED) is 0.183. The van der Waals surface area contributed by atoms with Crippen molar-refractivity contribution in [2.75, 3.05) is 11.9 Å². The molecule has 4 amide bonds. The first-order valence-corrected chi connectivity index (χ1v) is 14.4. The molecule has 0 fully saturated rings. The number of esters is 2. The monoisotopic (exact) mass is 576 g/mol. The molecule has 0 spiro atoms. The number of rotatable bonds is 12. The fraction of sp³-hybridized carbons (Fsp3) is 0.677. The highest BCUT2D eigenvalue weighted by atomic mass is 16.6. The van der Waals surface area contributed by atoms with Crippen LogP contribution in [0.2, 0.25) is 0 Å². The van der Waals surface area contributed by atoms with Gasteiger partial charge in [0.15, 0.2) is 0 Å². The first-order chi connectivity index (χ1) is 18.7. The molecule has 0 bridgehead atoms. The van der Waals surface area contributed by atoms with Gasteiger partial charge in [-0.15, -0.1) is 0 Å². The maximum Gasteiger partial charge on any atom is 0.329 e. The van der Waals surface area contributed by atoms with Crippen LogP contribution < -0.4 is 21.3 Å². The van der Waals surface area contributed by atoms with Crippen molar-refractivity contribution in [3.05, 3.63) is 29.8 Å². The molecule has 4 N–H and O–H groups in total. The summed E-state index contributed by atoms with van der Waals surface area (Å²) in [5, 5.41) is 11.4. The predicted molar refractivity (Wildman–Crippen MR) is 162 cm³/mol. The Morgan fingerprint density at radius 1 is 0.756 bits per heavy atom. The number of carbonyl (C=O) groups is 4. The second kappa shape index (κ2) is 15.6. The molecule has 41 heavy (non-hydrogen) atoms. The standard InChI is InChI=1S/C31H52N4O6/c1-21-14-16-22(17-15-21)33-27(38)32-20-12-11-13-24(29(2,3)4)35-28(39)34-23(26(37)41-31(8,9)10)18-19-25(36)40-30(5,6)7/h14-17,23-24H,11-13,18-20H2,1-10H3,(H2,32,33,38)(H2,34,35,39)/t23-,24-/m0/s1. The van der Waals surface area contributed by atoms with Gasteiger partial charge in [-0.1, -0.05) is 38.5 Å². The summed E-state index contributed by atoms with van der Waals surface area (Å²) in [6.45, 7) is 19.1. The summed E-state index contributed by atoms with van der Waals surface area (Å²) in [5.41, 5.74) is 0.188. The molecule has 0 heterocycles. The van der Waals surface area contributed by atoms with Crippen LogP contribution in [0.3, 0.4) is 0 Å². The molecule has 0 aliphatic rings. The molecule has 1 rings (SSSR count). The van der Waals surface area contributed by atoms with Gasteiger partial charge in [-0.3, -0.25) is 4.79 Å². The van der Waals surface area contributed by atoms with Crippen molar-refractivity contribution in [2.24, 2.45) is 5.41 Å². The number of hydrogen-bond donors (Lipinski definition) is 4. The molecule has 10 nitrogen and oxygen atoms in total. The third-order valence-corrected chi connectivity index (χ3v) is 5.92. The second-order valence-corrected chi connectivity index (χ2v) is 13.5. The van der Waals surface area contributed by atoms with Crippen LogP contribution in [0.1, 0.15) is 100.0 Å². The van der Waals surface area contributed by atoms with Gasteiger partial charge >= 0.3 is 24.0 Å². The van der Waals surface area contributed by atoms with E-state index in [1.165, 1.54) is 0 Å². The Morgan fingerprint density at radius 3 is 1.88 bits per heavy atom. The normalized spacial score (nSPS) is 13.4. The number of hydrogen-bond acceptors (Lipinski definition) is 6. The van der Waals surface area contributed by atoms with E-state index in [0.717, 1.165) is 24.1 Å². The molecule has 0 aliphatic heterocycles. The Labute approximate surface area is 246 Å². The lowest BCUT2D eigenvalue weighted by Crippen LogP contribution is -2.53. The highest BCUT2D eigenvalue weighted by Crippen LogP contribution is 2.23. The first kappa shape index (κ1) is 35.7. The lowest BCUT2D eigenvalue weighted by molar-refractivity contribution is -0.158. The zero-order valence-corrected chi connectivity index (χ0v) is 26.7. The zero-order chi connectivity index (χ0) is 31.4. The van der Waals surface area contributed by atoms with Crippen LogP contribution in [0, 0.1) is 12.3 Å². The van der Waals surface area contributed by atoms with E-state index in [1.807, 2.05) is 52.0 Å². The maximum atomic E-state index is 13.0. The van der Waals surface area contributed by atoms with Crippen LogP contribution in [-0.4, -0.2) is 53.8 Å². The van der Waals surface area contributed by atoms with Gasteiger partial charge in [0, 0.05) is 24.7 Å². The van der Waals surface area contributed by atoms with E-state index in [2.05, 4.69) is 21.3 Å². The third kappa shape index (κ3) is 16.5. The van der Waals surface area contributed by atoms with Crippen molar-refractivity contribution in [1.29, 1.82) is 0 Å². The lowest BCUT2D eigenvalue weighted by atomic mass is 9.84. The van der Waals surface area contributed by atoms with Crippen molar-refractivity contribution in [1.82, 2.24) is 16.0 Å². The fourth-order valence-corrected chi connectivity index (χ4v) is 3.84. The van der Waals surface area contributed by atoms with Gasteiger partial charge in [0.25, 0.3) is 0 Å². The third-order valence-electron chi connectivity index (χ3n) is 5.92. The van der Waals surface area contributed by atoms with Crippen LogP contribution in [0.4, 0.5) is 15.3 Å². The largest absolute Gasteiger partial charge is 0.460 e. The van der Waals surface area contributed by atoms with Crippen molar-refractivity contribution in [3.8, 4) is 0 Å². The number of unbranched alkanes of at least 4 members (excludes halogenated alkanes) is 1. The lowest BCUT2D eigenvalue weighted by Gasteiger charge is -2.32. The number of urea groups is 2. The molecule has 0 aromatic heterocycles. The van der Waals surface area contributed by atoms with Gasteiger partial charge in [-0.25, -0.2) is 14.4 Å². The number of anilines is 1. The fourth-order valence-electron chi connectivity index (χ4n) is 3.84. The number of nitrogens with one attached hydrogen (secondary N) is 4. The summed E-state index contributed by atoms with van der Waals surface area (Å²) >= 11 is 0. The minimum Gasteiger partial charge on any atom is -0.460 e. The average molecular weight is 577 g/mol. The van der Waals surface area contributed by atoms with E-state index in [1.54, 1.807) is 41.5 Å². The average Bonchev–Trinajstić information content (AvgIpc) is 2.79. The minimum atomic E-state index is -1.02. The van der Waals surface area contributed by atoms with Crippen molar-refractivity contribution in [2.45, 2.75) is 125 Å². The van der Waals surface area contributed by atoms with Crippen molar-refractivity contribution >= 4 is 29.7 Å². The summed E-state index contributed by atoms with van der Waals surface area (Å²) in [5.74, 6) is -1.07. The highest BCUT2D eigenvalue weighted by Gasteiger charge is 2.31. The Balaban J connectivity index is 2.66. The van der Waals surface area contributed by atoms with Gasteiger partial charge in [0.2, 0.25) is 0 Å². The molecule has 0 unspecified atom stereocenters. The molecule has 0 aliphatic carbocycles. The summed E-state index contributed by atoms with van der Waals surface area (Å²) in [6.07, 6.45) is 2.17. The number of carbonyl (C=O) groups excluding carboxylic acids is 4. The van der Waals surface area contributed by atoms with E-state index in [9.17, 15) is 19.2 Å². The summed E-state index contributed by atoms with van der Waals surface area (Å²) in [6, 6.07) is 5.57. The van der Waals surface area contributed by atoms with Gasteiger partial charge < -0.3 is 30.7 Å². The SMILES string of the molecule is Cc1ccc(NC(=O)NCCCC[C@H](NC(=O)N[C@@H](CCC(=O)OC(C)(C)C)C(=O)OC(C)(C)C)C(C)(C)C)cc1. The van der Waals surface area contributed by atoms with Crippen LogP contribution in [0.15, 0.2) is 24.3 Å². The predicted octanol–water partition coefficient (Wildman–Crippen LogP) is 5.83. The number of amides is 4. The summed E-state index contributed by atoms with van der Waals surface area (Å²) in [4.78, 5) is 50.3. The Morgan fingerprint density at radius 2 is 1.34 bits per heavy atom. The molecule has 2 atom stereocenters. The van der Waals surface area contributed by atoms with E-state index < -0.39 is 35.2 Å². The second-order valence-electron chi connectivity index (χ2n) is 13.5. The molecule has 0 saturated carbocycles. The van der Waals surface area contributed by atoms with E-state index in [-0.39, 0.29) is 30.3 Å². The van der Waals surface area contributed by atoms with Gasteiger partial charge in [-0.05, 0) is 91.7 Å². The van der Waals surface area contributed by atoms with E-state index in [0.29, 0.717) is 13.0 Å². The molecular weight excluding hydrogens is 524 g/mol. The molecular formula is C31H52N4O6. The van der Waals surface area contributed by atoms with Gasteiger partial charge in [0.1, 0.15) is 17.2 Å². The van der Waals surface area contributed by atoms with Gasteiger partial charge in [0.05, 0.1) is 0 Å². The van der Waals surface area contributed by atoms with E-state index in [4.69, 9.17) is 9.47 Å². The first-order valence-electron chi connectivity index (χ1n) is 14.4. The highest BCUT2D eigenvalue weighted by molar-refractivity contribution is 5.89. The van der Waals surface area contributed by atoms with Gasteiger partial charge in [-0.2, -0.15) is 0 Å². The van der Waals surface area contributed by atoms with Crippen LogP contribution >= 0.6 is 0 Å². The zero-order valence-electron chi connectivity index (χ0n) is 26.7. The smallest absolute Gasteiger partial charge is 0.329 e. The van der Waals surface area contributed by atoms with E-state index >= 15 is 0 Å². The van der Waals surface area contributed by atoms with Crippen LogP contribution in [-0.2, 0) is 19.1 Å². The molecule has 0 saturated heterocycles. The van der Waals surface area contributed by atoms with Crippen LogP contribution in [0.25, 0.3) is 0 Å². The maximum absolute atomic E-state index is 13.0. The molecule has 0 radical (unpaired) electrons. The van der Waals surface area contributed by atoms with Crippen LogP contribution in [0.5, 0.6) is 0 Å². The number of ether oxygens (including phenoxy) is 2. The molecule has 232 valence electrons. The molecule has 1 aromatic carbocycles. The van der Waals surface area contributed by atoms with Crippen molar-refractivity contribution < 1.29 is 28.7 Å². The summed E-state index contributed by atoms with van der Waals surface area (Å²) in [7, 11) is 0. The minimum absolute atomic E-state index is 0.0470. The van der Waals surface area contributed by atoms with Crippen molar-refractivity contribution in [3.63, 3.8) is 0 Å². The number of benzene rings is 1. The number of aryl methyl sites for hydroxylation is 1. The summed E-state index contributed by atoms with van der Waals surface area (Å²) < 4.78 is 10.8.